The second kappa shape index (κ2) is 5.94. The lowest BCUT2D eigenvalue weighted by Gasteiger charge is -2.16. The summed E-state index contributed by atoms with van der Waals surface area (Å²) in [7, 11) is 1.32. The maximum atomic E-state index is 12.1. The van der Waals surface area contributed by atoms with Crippen molar-refractivity contribution in [3.8, 4) is 0 Å². The minimum atomic E-state index is -0.440. The molecule has 8 heteroatoms. The van der Waals surface area contributed by atoms with Crippen molar-refractivity contribution in [1.29, 1.82) is 0 Å². The van der Waals surface area contributed by atoms with Crippen LogP contribution in [0.4, 0.5) is 5.00 Å². The van der Waals surface area contributed by atoms with Crippen molar-refractivity contribution in [3.63, 3.8) is 0 Å². The molecule has 1 aromatic heterocycles. The van der Waals surface area contributed by atoms with Gasteiger partial charge in [0.05, 0.1) is 12.7 Å². The number of ether oxygens (including phenoxy) is 1. The highest BCUT2D eigenvalue weighted by Crippen LogP contribution is 2.35. The average Bonchev–Trinajstić information content (AvgIpc) is 2.98. The van der Waals surface area contributed by atoms with Crippen LogP contribution in [0, 0.1) is 12.8 Å². The van der Waals surface area contributed by atoms with Gasteiger partial charge in [-0.1, -0.05) is 5.11 Å². The number of hydrogen-bond donors (Lipinski definition) is 0. The number of carbonyl (C=O) groups is 2. The monoisotopic (exact) mass is 294 g/mol. The first-order valence-corrected chi connectivity index (χ1v) is 6.94. The van der Waals surface area contributed by atoms with Crippen LogP contribution in [0.3, 0.4) is 0 Å². The minimum Gasteiger partial charge on any atom is -0.465 e. The Morgan fingerprint density at radius 2 is 2.45 bits per heavy atom. The quantitative estimate of drug-likeness (QED) is 0.369. The number of hydrogen-bond acceptors (Lipinski definition) is 5. The van der Waals surface area contributed by atoms with Crippen molar-refractivity contribution >= 4 is 28.2 Å². The highest BCUT2D eigenvalue weighted by Gasteiger charge is 2.34. The zero-order chi connectivity index (χ0) is 14.7. The molecule has 0 bridgehead atoms. The van der Waals surface area contributed by atoms with Crippen LogP contribution in [0.1, 0.15) is 22.3 Å². The third kappa shape index (κ3) is 2.61. The second-order valence-corrected chi connectivity index (χ2v) is 5.44. The van der Waals surface area contributed by atoms with Crippen LogP contribution in [-0.4, -0.2) is 32.1 Å². The van der Waals surface area contributed by atoms with E-state index in [0.29, 0.717) is 23.5 Å². The fourth-order valence-electron chi connectivity index (χ4n) is 2.23. The molecule has 1 fully saturated rings. The van der Waals surface area contributed by atoms with E-state index in [2.05, 4.69) is 10.0 Å². The summed E-state index contributed by atoms with van der Waals surface area (Å²) in [5.74, 6) is -0.508. The number of carbonyl (C=O) groups excluding carboxylic acids is 2. The van der Waals surface area contributed by atoms with Crippen molar-refractivity contribution in [2.45, 2.75) is 13.3 Å². The highest BCUT2D eigenvalue weighted by atomic mass is 32.1. The first kappa shape index (κ1) is 14.4. The number of nitrogens with zero attached hydrogens (tertiary/aromatic N) is 4. The lowest BCUT2D eigenvalue weighted by Crippen LogP contribution is -2.25. The Hall–Kier alpha value is -2.05. The fraction of sp³-hybridized carbons (Fsp3) is 0.500. The fourth-order valence-corrected chi connectivity index (χ4v) is 3.30. The normalized spacial score (nSPS) is 18.0. The van der Waals surface area contributed by atoms with Gasteiger partial charge in [-0.05, 0) is 29.3 Å². The van der Waals surface area contributed by atoms with Crippen LogP contribution in [-0.2, 0) is 9.53 Å². The van der Waals surface area contributed by atoms with E-state index < -0.39 is 5.97 Å². The molecule has 0 aromatic carbocycles. The summed E-state index contributed by atoms with van der Waals surface area (Å²) < 4.78 is 4.77. The molecule has 1 aromatic rings. The molecule has 1 amide bonds. The number of thiophene rings is 1. The van der Waals surface area contributed by atoms with Gasteiger partial charge in [0.15, 0.2) is 0 Å². The summed E-state index contributed by atoms with van der Waals surface area (Å²) in [5.41, 5.74) is 9.56. The minimum absolute atomic E-state index is 0.00805. The van der Waals surface area contributed by atoms with E-state index in [0.717, 1.165) is 5.56 Å². The molecule has 1 atom stereocenters. The zero-order valence-electron chi connectivity index (χ0n) is 11.2. The Kier molecular flexibility index (Phi) is 4.26. The molecule has 0 N–H and O–H groups in total. The molecule has 2 heterocycles. The molecule has 0 spiro atoms. The summed E-state index contributed by atoms with van der Waals surface area (Å²) in [6.45, 7) is 2.56. The van der Waals surface area contributed by atoms with Gasteiger partial charge in [0.1, 0.15) is 5.00 Å². The van der Waals surface area contributed by atoms with Gasteiger partial charge in [0.25, 0.3) is 0 Å². The van der Waals surface area contributed by atoms with Gasteiger partial charge < -0.3 is 9.64 Å². The third-order valence-electron chi connectivity index (χ3n) is 3.20. The highest BCUT2D eigenvalue weighted by molar-refractivity contribution is 7.15. The number of amides is 1. The van der Waals surface area contributed by atoms with E-state index in [4.69, 9.17) is 10.3 Å². The second-order valence-electron chi connectivity index (χ2n) is 4.58. The Bertz CT molecular complexity index is 592. The van der Waals surface area contributed by atoms with Gasteiger partial charge in [-0.15, -0.1) is 11.3 Å². The van der Waals surface area contributed by atoms with Gasteiger partial charge >= 0.3 is 5.97 Å². The van der Waals surface area contributed by atoms with Gasteiger partial charge in [-0.25, -0.2) is 4.79 Å². The van der Waals surface area contributed by atoms with Gasteiger partial charge in [-0.3, -0.25) is 4.79 Å². The molecule has 0 radical (unpaired) electrons. The summed E-state index contributed by atoms with van der Waals surface area (Å²) >= 11 is 1.35. The third-order valence-corrected chi connectivity index (χ3v) is 4.32. The van der Waals surface area contributed by atoms with E-state index >= 15 is 0 Å². The molecule has 2 rings (SSSR count). The van der Waals surface area contributed by atoms with Gasteiger partial charge in [0, 0.05) is 24.4 Å². The Morgan fingerprint density at radius 3 is 3.10 bits per heavy atom. The largest absolute Gasteiger partial charge is 0.465 e. The van der Waals surface area contributed by atoms with E-state index in [1.165, 1.54) is 18.4 Å². The molecular formula is C12H14N4O3S. The first-order valence-electron chi connectivity index (χ1n) is 6.06. The van der Waals surface area contributed by atoms with E-state index in [9.17, 15) is 9.59 Å². The number of aryl methyl sites for hydroxylation is 1. The molecule has 106 valence electrons. The van der Waals surface area contributed by atoms with Crippen molar-refractivity contribution < 1.29 is 14.3 Å². The molecule has 0 saturated carbocycles. The Labute approximate surface area is 119 Å². The number of rotatable bonds is 4. The van der Waals surface area contributed by atoms with Crippen LogP contribution >= 0.6 is 11.3 Å². The molecular weight excluding hydrogens is 280 g/mol. The van der Waals surface area contributed by atoms with Crippen LogP contribution < -0.4 is 4.90 Å². The van der Waals surface area contributed by atoms with E-state index in [1.54, 1.807) is 4.90 Å². The predicted octanol–water partition coefficient (Wildman–Crippen LogP) is 2.51. The zero-order valence-corrected chi connectivity index (χ0v) is 12.0. The van der Waals surface area contributed by atoms with Crippen molar-refractivity contribution in [2.75, 3.05) is 25.1 Å². The van der Waals surface area contributed by atoms with Gasteiger partial charge in [-0.2, -0.15) is 0 Å². The summed E-state index contributed by atoms with van der Waals surface area (Å²) in [6.07, 6.45) is 0.330. The van der Waals surface area contributed by atoms with Crippen molar-refractivity contribution in [1.82, 2.24) is 0 Å². The number of methoxy groups -OCH3 is 1. The summed E-state index contributed by atoms with van der Waals surface area (Å²) in [5, 5.41) is 5.95. The molecule has 1 aliphatic heterocycles. The number of esters is 1. The van der Waals surface area contributed by atoms with Crippen LogP contribution in [0.15, 0.2) is 10.5 Å². The van der Waals surface area contributed by atoms with Gasteiger partial charge in [0.2, 0.25) is 5.91 Å². The molecule has 0 aliphatic carbocycles. The van der Waals surface area contributed by atoms with Crippen LogP contribution in [0.2, 0.25) is 0 Å². The Balaban J connectivity index is 2.26. The molecule has 1 unspecified atom stereocenters. The topological polar surface area (TPSA) is 95.4 Å². The van der Waals surface area contributed by atoms with Crippen molar-refractivity contribution in [2.24, 2.45) is 11.0 Å². The predicted molar refractivity (Wildman–Crippen MR) is 74.9 cm³/mol. The average molecular weight is 294 g/mol. The van der Waals surface area contributed by atoms with E-state index in [1.807, 2.05) is 12.3 Å². The standard InChI is InChI=1S/C12H14N4O3S/c1-7-6-20-11(10(7)12(18)19-2)16-5-8(3-9(16)17)4-14-15-13/h6,8H,3-5H2,1-2H3. The SMILES string of the molecule is COC(=O)c1c(C)csc1N1CC(CN=[N+]=[N-])CC1=O. The maximum Gasteiger partial charge on any atom is 0.341 e. The molecule has 20 heavy (non-hydrogen) atoms. The Morgan fingerprint density at radius 1 is 1.70 bits per heavy atom. The number of anilines is 1. The smallest absolute Gasteiger partial charge is 0.341 e. The number of azide groups is 1. The summed E-state index contributed by atoms with van der Waals surface area (Å²) in [4.78, 5) is 28.2. The molecule has 7 nitrogen and oxygen atoms in total. The lowest BCUT2D eigenvalue weighted by molar-refractivity contribution is -0.117. The maximum absolute atomic E-state index is 12.1. The molecule has 1 saturated heterocycles. The molecule has 1 aliphatic rings. The summed E-state index contributed by atoms with van der Waals surface area (Å²) in [6, 6.07) is 0. The first-order chi connectivity index (χ1) is 9.58. The van der Waals surface area contributed by atoms with Crippen molar-refractivity contribution in [3.05, 3.63) is 26.9 Å². The van der Waals surface area contributed by atoms with Crippen LogP contribution in [0.25, 0.3) is 10.4 Å². The van der Waals surface area contributed by atoms with E-state index in [-0.39, 0.29) is 18.4 Å². The van der Waals surface area contributed by atoms with Crippen LogP contribution in [0.5, 0.6) is 0 Å². The lowest BCUT2D eigenvalue weighted by atomic mass is 10.1.